The number of alkyl halides is 3. The van der Waals surface area contributed by atoms with Gasteiger partial charge in [0, 0.05) is 6.54 Å². The third-order valence-corrected chi connectivity index (χ3v) is 1.71. The molecule has 0 atom stereocenters. The predicted molar refractivity (Wildman–Crippen MR) is 51.5 cm³/mol. The van der Waals surface area contributed by atoms with E-state index in [1.807, 2.05) is 13.8 Å². The number of carbonyl (C=O) groups excluding carboxylic acids is 2. The molecule has 0 aromatic rings. The Morgan fingerprint density at radius 1 is 1.19 bits per heavy atom. The zero-order valence-corrected chi connectivity index (χ0v) is 9.15. The lowest BCUT2D eigenvalue weighted by Crippen LogP contribution is -2.43. The topological polar surface area (TPSA) is 58.2 Å². The van der Waals surface area contributed by atoms with Crippen LogP contribution in [0.2, 0.25) is 0 Å². The molecular formula is C9H15F3N2O2. The Kier molecular flexibility index (Phi) is 5.84. The summed E-state index contributed by atoms with van der Waals surface area (Å²) in [6.07, 6.45) is -4.21. The van der Waals surface area contributed by atoms with E-state index in [0.29, 0.717) is 12.5 Å². The van der Waals surface area contributed by atoms with Gasteiger partial charge in [0.15, 0.2) is 0 Å². The van der Waals surface area contributed by atoms with Gasteiger partial charge in [0.1, 0.15) is 0 Å². The van der Waals surface area contributed by atoms with Gasteiger partial charge in [-0.3, -0.25) is 9.59 Å². The lowest BCUT2D eigenvalue weighted by atomic mass is 10.1. The molecule has 0 unspecified atom stereocenters. The summed E-state index contributed by atoms with van der Waals surface area (Å²) in [5.74, 6) is -2.34. The van der Waals surface area contributed by atoms with Crippen molar-refractivity contribution >= 4 is 11.8 Å². The summed E-state index contributed by atoms with van der Waals surface area (Å²) < 4.78 is 35.1. The molecule has 0 spiro atoms. The van der Waals surface area contributed by atoms with Crippen LogP contribution >= 0.6 is 0 Å². The quantitative estimate of drug-likeness (QED) is 0.747. The van der Waals surface area contributed by atoms with E-state index in [0.717, 1.165) is 6.42 Å². The summed E-state index contributed by atoms with van der Waals surface area (Å²) in [4.78, 5) is 21.3. The second-order valence-electron chi connectivity index (χ2n) is 3.71. The van der Waals surface area contributed by atoms with Crippen LogP contribution in [0.4, 0.5) is 13.2 Å². The zero-order chi connectivity index (χ0) is 12.8. The minimum atomic E-state index is -4.95. The smallest absolute Gasteiger partial charge is 0.355 e. The number of hydrogen-bond donors (Lipinski definition) is 2. The molecule has 94 valence electrons. The van der Waals surface area contributed by atoms with Crippen LogP contribution in [0.3, 0.4) is 0 Å². The van der Waals surface area contributed by atoms with Crippen LogP contribution in [0.5, 0.6) is 0 Å². The van der Waals surface area contributed by atoms with Gasteiger partial charge in [0.2, 0.25) is 5.91 Å². The minimum absolute atomic E-state index is 0.387. The van der Waals surface area contributed by atoms with Crippen molar-refractivity contribution in [2.24, 2.45) is 5.92 Å². The third kappa shape index (κ3) is 7.08. The first kappa shape index (κ1) is 14.7. The lowest BCUT2D eigenvalue weighted by Gasteiger charge is -2.09. The molecule has 7 heteroatoms. The molecule has 0 aromatic heterocycles. The molecule has 0 aliphatic heterocycles. The van der Waals surface area contributed by atoms with Crippen molar-refractivity contribution in [2.45, 2.75) is 26.4 Å². The second kappa shape index (κ2) is 6.34. The van der Waals surface area contributed by atoms with E-state index in [-0.39, 0.29) is 0 Å². The van der Waals surface area contributed by atoms with Crippen molar-refractivity contribution in [3.05, 3.63) is 0 Å². The fourth-order valence-electron chi connectivity index (χ4n) is 0.824. The molecule has 0 radical (unpaired) electrons. The van der Waals surface area contributed by atoms with Gasteiger partial charge < -0.3 is 10.6 Å². The highest BCUT2D eigenvalue weighted by molar-refractivity contribution is 5.87. The Bertz CT molecular complexity index is 252. The molecule has 0 saturated carbocycles. The standard InChI is InChI=1S/C9H15F3N2O2/c1-6(2)3-4-13-7(15)5-14-8(16)9(10,11)12/h6H,3-5H2,1-2H3,(H,13,15)(H,14,16). The van der Waals surface area contributed by atoms with Gasteiger partial charge >= 0.3 is 12.1 Å². The van der Waals surface area contributed by atoms with Crippen LogP contribution in [0, 0.1) is 5.92 Å². The fraction of sp³-hybridized carbons (Fsp3) is 0.778. The molecule has 16 heavy (non-hydrogen) atoms. The van der Waals surface area contributed by atoms with Crippen LogP contribution in [0.15, 0.2) is 0 Å². The first-order chi connectivity index (χ1) is 7.23. The summed E-state index contributed by atoms with van der Waals surface area (Å²) in [5, 5.41) is 3.88. The van der Waals surface area contributed by atoms with Gasteiger partial charge in [-0.25, -0.2) is 0 Å². The zero-order valence-electron chi connectivity index (χ0n) is 9.15. The number of rotatable bonds is 5. The van der Waals surface area contributed by atoms with Crippen LogP contribution in [-0.2, 0) is 9.59 Å². The Morgan fingerprint density at radius 3 is 2.19 bits per heavy atom. The SMILES string of the molecule is CC(C)CCNC(=O)CNC(=O)C(F)(F)F. The molecule has 0 bridgehead atoms. The monoisotopic (exact) mass is 240 g/mol. The summed E-state index contributed by atoms with van der Waals surface area (Å²) in [6.45, 7) is 3.64. The summed E-state index contributed by atoms with van der Waals surface area (Å²) in [7, 11) is 0. The van der Waals surface area contributed by atoms with Crippen LogP contribution < -0.4 is 10.6 Å². The maximum absolute atomic E-state index is 11.7. The summed E-state index contributed by atoms with van der Waals surface area (Å²) in [6, 6.07) is 0. The van der Waals surface area contributed by atoms with Gasteiger partial charge in [0.25, 0.3) is 0 Å². The van der Waals surface area contributed by atoms with Crippen molar-refractivity contribution in [3.63, 3.8) is 0 Å². The molecule has 0 aliphatic rings. The number of halogens is 3. The highest BCUT2D eigenvalue weighted by Gasteiger charge is 2.38. The first-order valence-electron chi connectivity index (χ1n) is 4.85. The highest BCUT2D eigenvalue weighted by Crippen LogP contribution is 2.13. The maximum atomic E-state index is 11.7. The van der Waals surface area contributed by atoms with Gasteiger partial charge in [-0.05, 0) is 12.3 Å². The first-order valence-corrected chi connectivity index (χ1v) is 4.85. The highest BCUT2D eigenvalue weighted by atomic mass is 19.4. The van der Waals surface area contributed by atoms with Crippen molar-refractivity contribution in [3.8, 4) is 0 Å². The van der Waals surface area contributed by atoms with E-state index in [2.05, 4.69) is 5.32 Å². The molecule has 0 aromatic carbocycles. The normalized spacial score (nSPS) is 11.4. The Hall–Kier alpha value is -1.27. The average molecular weight is 240 g/mol. The largest absolute Gasteiger partial charge is 0.471 e. The lowest BCUT2D eigenvalue weighted by molar-refractivity contribution is -0.173. The molecule has 2 N–H and O–H groups in total. The van der Waals surface area contributed by atoms with Crippen LogP contribution in [0.1, 0.15) is 20.3 Å². The number of carbonyl (C=O) groups is 2. The summed E-state index contributed by atoms with van der Waals surface area (Å²) >= 11 is 0. The Labute approximate surface area is 91.6 Å². The van der Waals surface area contributed by atoms with Crippen molar-refractivity contribution in [1.29, 1.82) is 0 Å². The molecule has 0 heterocycles. The second-order valence-corrected chi connectivity index (χ2v) is 3.71. The minimum Gasteiger partial charge on any atom is -0.355 e. The van der Waals surface area contributed by atoms with Gasteiger partial charge in [-0.2, -0.15) is 13.2 Å². The Morgan fingerprint density at radius 2 is 1.75 bits per heavy atom. The van der Waals surface area contributed by atoms with Crippen molar-refractivity contribution in [2.75, 3.05) is 13.1 Å². The molecule has 0 rings (SSSR count). The van der Waals surface area contributed by atoms with Crippen molar-refractivity contribution < 1.29 is 22.8 Å². The van der Waals surface area contributed by atoms with E-state index in [9.17, 15) is 22.8 Å². The van der Waals surface area contributed by atoms with Crippen LogP contribution in [-0.4, -0.2) is 31.1 Å². The van der Waals surface area contributed by atoms with Gasteiger partial charge in [0.05, 0.1) is 6.54 Å². The van der Waals surface area contributed by atoms with E-state index < -0.39 is 24.5 Å². The molecule has 2 amide bonds. The number of hydrogen-bond acceptors (Lipinski definition) is 2. The van der Waals surface area contributed by atoms with E-state index in [4.69, 9.17) is 0 Å². The molecular weight excluding hydrogens is 225 g/mol. The van der Waals surface area contributed by atoms with Gasteiger partial charge in [-0.1, -0.05) is 13.8 Å². The predicted octanol–water partition coefficient (Wildman–Crippen LogP) is 0.827. The summed E-state index contributed by atoms with van der Waals surface area (Å²) in [5.41, 5.74) is 0. The number of nitrogens with one attached hydrogen (secondary N) is 2. The third-order valence-electron chi connectivity index (χ3n) is 1.71. The molecule has 0 fully saturated rings. The Balaban J connectivity index is 3.70. The fourth-order valence-corrected chi connectivity index (χ4v) is 0.824. The van der Waals surface area contributed by atoms with E-state index in [1.165, 1.54) is 5.32 Å². The molecule has 4 nitrogen and oxygen atoms in total. The molecule has 0 saturated heterocycles. The average Bonchev–Trinajstić information content (AvgIpc) is 2.11. The van der Waals surface area contributed by atoms with Crippen molar-refractivity contribution in [1.82, 2.24) is 10.6 Å². The molecule has 0 aliphatic carbocycles. The van der Waals surface area contributed by atoms with E-state index in [1.54, 1.807) is 0 Å². The maximum Gasteiger partial charge on any atom is 0.471 e. The van der Waals surface area contributed by atoms with Crippen LogP contribution in [0.25, 0.3) is 0 Å². The van der Waals surface area contributed by atoms with E-state index >= 15 is 0 Å². The number of amides is 2. The van der Waals surface area contributed by atoms with Gasteiger partial charge in [-0.15, -0.1) is 0 Å².